The monoisotopic (exact) mass is 730 g/mol. The number of fused-ring (bicyclic) bond motifs is 1. The van der Waals surface area contributed by atoms with Crippen LogP contribution in [0.15, 0.2) is 59.6 Å². The third-order valence-electron chi connectivity index (χ3n) is 6.33. The molecule has 1 aliphatic rings. The summed E-state index contributed by atoms with van der Waals surface area (Å²) in [5.41, 5.74) is 5.80. The molecule has 1 saturated heterocycles. The van der Waals surface area contributed by atoms with Crippen molar-refractivity contribution in [3.05, 3.63) is 66.1 Å². The van der Waals surface area contributed by atoms with Crippen molar-refractivity contribution >= 4 is 42.8 Å². The van der Waals surface area contributed by atoms with E-state index in [0.717, 1.165) is 51.7 Å². The number of hydrogen-bond donors (Lipinski definition) is 2. The van der Waals surface area contributed by atoms with E-state index in [2.05, 4.69) is 24.4 Å². The fraction of sp³-hybridized carbons (Fsp3) is 0.308. The van der Waals surface area contributed by atoms with Crippen LogP contribution in [-0.2, 0) is 27.5 Å². The average molecular weight is 731 g/mol. The number of nitrogens with zero attached hydrogens (tertiary/aromatic N) is 5. The molecule has 4 aromatic rings. The highest BCUT2D eigenvalue weighted by Crippen LogP contribution is 2.33. The van der Waals surface area contributed by atoms with Gasteiger partial charge in [-0.25, -0.2) is 18.4 Å². The summed E-state index contributed by atoms with van der Waals surface area (Å²) in [5, 5.41) is 9.85. The number of carboxylic acid groups (broad SMARTS) is 1. The highest BCUT2D eigenvalue weighted by molar-refractivity contribution is 7.89. The van der Waals surface area contributed by atoms with Gasteiger partial charge in [0, 0.05) is 26.2 Å². The Morgan fingerprint density at radius 3 is 2.17 bits per heavy atom. The first-order valence-corrected chi connectivity index (χ1v) is 15.4. The molecular formula is C26H22F8N6O6S2. The molecule has 1 fully saturated rings. The Bertz CT molecular complexity index is 1820. The van der Waals surface area contributed by atoms with E-state index in [9.17, 15) is 53.4 Å². The second-order valence-corrected chi connectivity index (χ2v) is 12.4. The van der Waals surface area contributed by atoms with Crippen molar-refractivity contribution in [3.63, 3.8) is 0 Å². The Morgan fingerprint density at radius 1 is 1.00 bits per heavy atom. The first kappa shape index (κ1) is 36.4. The first-order chi connectivity index (χ1) is 22.4. The van der Waals surface area contributed by atoms with Gasteiger partial charge >= 0.3 is 25.1 Å². The van der Waals surface area contributed by atoms with Crippen molar-refractivity contribution < 1.29 is 62.9 Å². The molecule has 3 N–H and O–H groups in total. The summed E-state index contributed by atoms with van der Waals surface area (Å²) in [6, 6.07) is 7.94. The molecule has 22 heteroatoms. The molecular weight excluding hydrogens is 708 g/mol. The fourth-order valence-electron chi connectivity index (χ4n) is 4.18. The molecule has 0 unspecified atom stereocenters. The van der Waals surface area contributed by atoms with Crippen molar-refractivity contribution in [1.29, 1.82) is 0 Å². The first-order valence-electron chi connectivity index (χ1n) is 13.2. The Morgan fingerprint density at radius 2 is 1.62 bits per heavy atom. The average Bonchev–Trinajstić information content (AvgIpc) is 3.44. The number of benzene rings is 2. The lowest BCUT2D eigenvalue weighted by molar-refractivity contribution is -0.274. The summed E-state index contributed by atoms with van der Waals surface area (Å²) in [5.74, 6) is -3.33. The second kappa shape index (κ2) is 14.4. The van der Waals surface area contributed by atoms with Crippen LogP contribution in [0.4, 0.5) is 40.3 Å². The van der Waals surface area contributed by atoms with E-state index in [1.165, 1.54) is 29.2 Å². The molecule has 2 aromatic carbocycles. The maximum Gasteiger partial charge on any atom is 0.573 e. The van der Waals surface area contributed by atoms with Crippen LogP contribution in [-0.4, -0.2) is 77.4 Å². The fourth-order valence-corrected chi connectivity index (χ4v) is 6.66. The molecule has 0 spiro atoms. The summed E-state index contributed by atoms with van der Waals surface area (Å²) < 4.78 is 133. The highest BCUT2D eigenvalue weighted by Gasteiger charge is 2.41. The third kappa shape index (κ3) is 9.14. The van der Waals surface area contributed by atoms with Crippen LogP contribution in [0.3, 0.4) is 0 Å². The van der Waals surface area contributed by atoms with Gasteiger partial charge in [-0.3, -0.25) is 4.79 Å². The van der Waals surface area contributed by atoms with E-state index in [-0.39, 0.29) is 51.5 Å². The van der Waals surface area contributed by atoms with Gasteiger partial charge in [0.25, 0.3) is 0 Å². The zero-order valence-electron chi connectivity index (χ0n) is 23.8. The molecule has 0 amide bonds. The second-order valence-electron chi connectivity index (χ2n) is 9.54. The van der Waals surface area contributed by atoms with Crippen molar-refractivity contribution in [2.75, 3.05) is 24.5 Å². The number of alkyl halides is 8. The number of hydrogen-bond acceptors (Lipinski definition) is 11. The quantitative estimate of drug-likeness (QED) is 0.242. The summed E-state index contributed by atoms with van der Waals surface area (Å²) in [6.07, 6.45) is -8.44. The number of halogens is 8. The number of aromatic nitrogens is 3. The van der Waals surface area contributed by atoms with Crippen molar-refractivity contribution in [2.24, 2.45) is 5.73 Å². The number of aliphatic carboxylic acids is 1. The van der Waals surface area contributed by atoms with E-state index in [1.807, 2.05) is 0 Å². The molecule has 12 nitrogen and oxygen atoms in total. The van der Waals surface area contributed by atoms with Crippen LogP contribution in [0.25, 0.3) is 10.3 Å². The van der Waals surface area contributed by atoms with Crippen molar-refractivity contribution in [2.45, 2.75) is 36.6 Å². The number of sulfonamides is 1. The Kier molecular flexibility index (Phi) is 10.9. The summed E-state index contributed by atoms with van der Waals surface area (Å²) in [4.78, 5) is 23.7. The lowest BCUT2D eigenvalue weighted by atomic mass is 10.2. The summed E-state index contributed by atoms with van der Waals surface area (Å²) >= 11 is 0.935. The zero-order chi connectivity index (χ0) is 35.4. The standard InChI is InChI=1S/C18H14F5N5O5S2.C8H8F3NO/c19-16(20)33-9-1-3-10(4-2-9)35(31,32)28-6-5-27(8-11(28)14(29)30)17-26-13-12(34-17)7-24-15(25-13)18(21,22)23;9-8(10,11)13-7-3-1-6(5-12)2-4-7/h1-4,7,11,16H,5-6,8H2,(H,29,30);1-4H,5,12H2/t11-;/m1./s1. The van der Waals surface area contributed by atoms with Gasteiger partial charge in [-0.05, 0) is 42.0 Å². The zero-order valence-corrected chi connectivity index (χ0v) is 25.5. The van der Waals surface area contributed by atoms with Crippen LogP contribution in [0, 0.1) is 0 Å². The minimum absolute atomic E-state index is 0.0189. The minimum Gasteiger partial charge on any atom is -0.480 e. The van der Waals surface area contributed by atoms with E-state index in [4.69, 9.17) is 5.73 Å². The van der Waals surface area contributed by atoms with Gasteiger partial charge in [-0.1, -0.05) is 23.5 Å². The van der Waals surface area contributed by atoms with Crippen LogP contribution in [0.5, 0.6) is 11.5 Å². The smallest absolute Gasteiger partial charge is 0.480 e. The van der Waals surface area contributed by atoms with E-state index in [1.54, 1.807) is 0 Å². The number of rotatable bonds is 8. The van der Waals surface area contributed by atoms with Crippen LogP contribution in [0.1, 0.15) is 11.4 Å². The molecule has 0 bridgehead atoms. The topological polar surface area (TPSA) is 161 Å². The maximum absolute atomic E-state index is 13.1. The third-order valence-corrected chi connectivity index (χ3v) is 9.29. The van der Waals surface area contributed by atoms with Crippen molar-refractivity contribution in [3.8, 4) is 11.5 Å². The van der Waals surface area contributed by atoms with Gasteiger partial charge in [-0.15, -0.1) is 13.2 Å². The molecule has 5 rings (SSSR count). The largest absolute Gasteiger partial charge is 0.573 e. The van der Waals surface area contributed by atoms with Gasteiger partial charge in [0.2, 0.25) is 15.8 Å². The van der Waals surface area contributed by atoms with Gasteiger partial charge < -0.3 is 25.2 Å². The van der Waals surface area contributed by atoms with Crippen LogP contribution < -0.4 is 20.1 Å². The van der Waals surface area contributed by atoms with Crippen LogP contribution in [0.2, 0.25) is 0 Å². The van der Waals surface area contributed by atoms with Gasteiger partial charge in [0.15, 0.2) is 10.8 Å². The molecule has 1 aliphatic heterocycles. The number of nitrogens with two attached hydrogens (primary N) is 1. The maximum atomic E-state index is 13.1. The van der Waals surface area contributed by atoms with E-state index >= 15 is 0 Å². The number of carboxylic acids is 1. The van der Waals surface area contributed by atoms with Gasteiger partial charge in [-0.2, -0.15) is 31.2 Å². The molecule has 3 heterocycles. The number of carbonyl (C=O) groups is 1. The highest BCUT2D eigenvalue weighted by atomic mass is 32.2. The van der Waals surface area contributed by atoms with Crippen LogP contribution >= 0.6 is 11.3 Å². The molecule has 48 heavy (non-hydrogen) atoms. The molecule has 0 radical (unpaired) electrons. The van der Waals surface area contributed by atoms with Gasteiger partial charge in [0.05, 0.1) is 15.8 Å². The van der Waals surface area contributed by atoms with Crippen molar-refractivity contribution in [1.82, 2.24) is 19.3 Å². The Labute approximate surface area is 269 Å². The summed E-state index contributed by atoms with van der Waals surface area (Å²) in [6.45, 7) is -3.46. The van der Waals surface area contributed by atoms with E-state index < -0.39 is 47.0 Å². The lowest BCUT2D eigenvalue weighted by Crippen LogP contribution is -2.58. The molecule has 260 valence electrons. The lowest BCUT2D eigenvalue weighted by Gasteiger charge is -2.38. The normalized spacial score (nSPS) is 16.0. The molecule has 0 aliphatic carbocycles. The van der Waals surface area contributed by atoms with Gasteiger partial charge in [0.1, 0.15) is 17.5 Å². The Balaban J connectivity index is 0.000000336. The summed E-state index contributed by atoms with van der Waals surface area (Å²) in [7, 11) is -4.34. The Hall–Kier alpha value is -4.41. The number of anilines is 1. The number of piperazine rings is 1. The number of thiazole rings is 1. The minimum atomic E-state index is -4.77. The molecule has 1 atom stereocenters. The predicted octanol–water partition coefficient (Wildman–Crippen LogP) is 4.71. The molecule has 0 saturated carbocycles. The molecule has 2 aromatic heterocycles. The predicted molar refractivity (Wildman–Crippen MR) is 152 cm³/mol. The van der Waals surface area contributed by atoms with E-state index in [0.29, 0.717) is 6.54 Å². The number of ether oxygens (including phenoxy) is 2. The SMILES string of the molecule is NCc1ccc(OC(F)(F)F)cc1.O=C(O)[C@H]1CN(c2nc3nc(C(F)(F)F)ncc3s2)CCN1S(=O)(=O)c1ccc(OC(F)F)cc1.